The van der Waals surface area contributed by atoms with Crippen LogP contribution in [-0.4, -0.2) is 24.7 Å². The molecule has 2 unspecified atom stereocenters. The van der Waals surface area contributed by atoms with Crippen LogP contribution in [0.4, 0.5) is 0 Å². The third-order valence-electron chi connectivity index (χ3n) is 3.14. The largest absolute Gasteiger partial charge is 0.481 e. The average Bonchev–Trinajstić information content (AvgIpc) is 2.64. The maximum absolute atomic E-state index is 10.9. The zero-order valence-corrected chi connectivity index (χ0v) is 9.70. The van der Waals surface area contributed by atoms with Crippen LogP contribution < -0.4 is 5.48 Å². The van der Waals surface area contributed by atoms with Crippen LogP contribution in [0.2, 0.25) is 0 Å². The van der Waals surface area contributed by atoms with Gasteiger partial charge < -0.3 is 9.94 Å². The first-order valence-electron chi connectivity index (χ1n) is 5.07. The maximum atomic E-state index is 10.9. The zero-order valence-electron chi connectivity index (χ0n) is 9.70. The lowest BCUT2D eigenvalue weighted by Crippen LogP contribution is -2.14. The number of rotatable bonds is 5. The van der Waals surface area contributed by atoms with Crippen molar-refractivity contribution in [1.82, 2.24) is 5.48 Å². The molecular weight excluding hydrogens is 194 g/mol. The summed E-state index contributed by atoms with van der Waals surface area (Å²) in [6.07, 6.45) is 2.03. The van der Waals surface area contributed by atoms with E-state index < -0.39 is 5.97 Å². The van der Waals surface area contributed by atoms with Crippen LogP contribution in [0.1, 0.15) is 20.8 Å². The monoisotopic (exact) mass is 213 g/mol. The van der Waals surface area contributed by atoms with E-state index in [1.165, 1.54) is 0 Å². The van der Waals surface area contributed by atoms with E-state index in [1.807, 2.05) is 26.8 Å². The predicted molar refractivity (Wildman–Crippen MR) is 57.2 cm³/mol. The molecule has 15 heavy (non-hydrogen) atoms. The molecule has 0 aliphatic heterocycles. The van der Waals surface area contributed by atoms with Crippen LogP contribution in [0.15, 0.2) is 11.6 Å². The highest BCUT2D eigenvalue weighted by Gasteiger charge is 2.60. The molecule has 0 heterocycles. The summed E-state index contributed by atoms with van der Waals surface area (Å²) in [5, 5.41) is 8.98. The summed E-state index contributed by atoms with van der Waals surface area (Å²) < 4.78 is 0. The SMILES string of the molecule is CONCC(C)=CC1C(C(=O)O)C1(C)C. The molecule has 4 nitrogen and oxygen atoms in total. The van der Waals surface area contributed by atoms with Gasteiger partial charge in [0.2, 0.25) is 0 Å². The van der Waals surface area contributed by atoms with Crippen LogP contribution in [0, 0.1) is 17.3 Å². The number of aliphatic carboxylic acids is 1. The van der Waals surface area contributed by atoms with Gasteiger partial charge in [-0.05, 0) is 18.3 Å². The molecule has 4 heteroatoms. The van der Waals surface area contributed by atoms with E-state index in [0.717, 1.165) is 5.57 Å². The third kappa shape index (κ3) is 2.58. The van der Waals surface area contributed by atoms with Gasteiger partial charge in [0.15, 0.2) is 0 Å². The topological polar surface area (TPSA) is 58.6 Å². The number of carboxylic acid groups (broad SMARTS) is 1. The summed E-state index contributed by atoms with van der Waals surface area (Å²) >= 11 is 0. The number of carboxylic acids is 1. The summed E-state index contributed by atoms with van der Waals surface area (Å²) in [4.78, 5) is 15.6. The van der Waals surface area contributed by atoms with Crippen molar-refractivity contribution in [2.45, 2.75) is 20.8 Å². The first-order chi connectivity index (χ1) is 6.91. The molecule has 0 amide bonds. The molecule has 0 radical (unpaired) electrons. The molecular formula is C11H19NO3. The van der Waals surface area contributed by atoms with Gasteiger partial charge in [0.25, 0.3) is 0 Å². The minimum atomic E-state index is -0.700. The lowest BCUT2D eigenvalue weighted by Gasteiger charge is -2.02. The molecule has 0 saturated heterocycles. The van der Waals surface area contributed by atoms with Gasteiger partial charge in [-0.15, -0.1) is 0 Å². The molecule has 1 aliphatic rings. The Labute approximate surface area is 90.3 Å². The number of hydrogen-bond donors (Lipinski definition) is 2. The van der Waals surface area contributed by atoms with Crippen molar-refractivity contribution in [2.24, 2.45) is 17.3 Å². The Hall–Kier alpha value is -0.870. The highest BCUT2D eigenvalue weighted by molar-refractivity contribution is 5.76. The normalized spacial score (nSPS) is 28.9. The summed E-state index contributed by atoms with van der Waals surface area (Å²) in [5.41, 5.74) is 3.74. The average molecular weight is 213 g/mol. The van der Waals surface area contributed by atoms with Crippen molar-refractivity contribution in [1.29, 1.82) is 0 Å². The van der Waals surface area contributed by atoms with E-state index in [-0.39, 0.29) is 17.3 Å². The molecule has 0 aromatic heterocycles. The van der Waals surface area contributed by atoms with Gasteiger partial charge in [0.1, 0.15) is 0 Å². The molecule has 2 atom stereocenters. The lowest BCUT2D eigenvalue weighted by atomic mass is 10.1. The van der Waals surface area contributed by atoms with Gasteiger partial charge in [-0.3, -0.25) is 4.79 Å². The van der Waals surface area contributed by atoms with Crippen LogP contribution in [0.5, 0.6) is 0 Å². The number of nitrogens with one attached hydrogen (secondary N) is 1. The molecule has 86 valence electrons. The molecule has 0 spiro atoms. The fourth-order valence-electron chi connectivity index (χ4n) is 2.01. The maximum Gasteiger partial charge on any atom is 0.307 e. The number of carbonyl (C=O) groups is 1. The second-order valence-corrected chi connectivity index (χ2v) is 4.70. The Bertz CT molecular complexity index is 284. The molecule has 1 rings (SSSR count). The zero-order chi connectivity index (χ0) is 11.6. The predicted octanol–water partition coefficient (Wildman–Crippen LogP) is 1.44. The van der Waals surface area contributed by atoms with Crippen LogP contribution in [-0.2, 0) is 9.63 Å². The molecule has 2 N–H and O–H groups in total. The summed E-state index contributed by atoms with van der Waals surface area (Å²) in [7, 11) is 1.56. The Morgan fingerprint density at radius 2 is 2.20 bits per heavy atom. The molecule has 0 aromatic carbocycles. The van der Waals surface area contributed by atoms with Gasteiger partial charge in [0, 0.05) is 6.54 Å². The summed E-state index contributed by atoms with van der Waals surface area (Å²) in [6, 6.07) is 0. The van der Waals surface area contributed by atoms with Crippen LogP contribution in [0.3, 0.4) is 0 Å². The van der Waals surface area contributed by atoms with Crippen molar-refractivity contribution >= 4 is 5.97 Å². The van der Waals surface area contributed by atoms with Crippen molar-refractivity contribution < 1.29 is 14.7 Å². The second kappa shape index (κ2) is 4.33. The fraction of sp³-hybridized carbons (Fsp3) is 0.727. The van der Waals surface area contributed by atoms with E-state index in [9.17, 15) is 4.79 Å². The lowest BCUT2D eigenvalue weighted by molar-refractivity contribution is -0.139. The van der Waals surface area contributed by atoms with Crippen molar-refractivity contribution in [3.63, 3.8) is 0 Å². The van der Waals surface area contributed by atoms with E-state index in [4.69, 9.17) is 9.94 Å². The second-order valence-electron chi connectivity index (χ2n) is 4.70. The molecule has 0 bridgehead atoms. The van der Waals surface area contributed by atoms with Crippen molar-refractivity contribution in [3.05, 3.63) is 11.6 Å². The van der Waals surface area contributed by atoms with Crippen LogP contribution >= 0.6 is 0 Å². The molecule has 1 fully saturated rings. The Balaban J connectivity index is 2.57. The fourth-order valence-corrected chi connectivity index (χ4v) is 2.01. The minimum absolute atomic E-state index is 0.111. The van der Waals surface area contributed by atoms with Gasteiger partial charge in [-0.25, -0.2) is 0 Å². The standard InChI is InChI=1S/C11H19NO3/c1-7(6-12-15-4)5-8-9(10(13)14)11(8,2)3/h5,8-9,12H,6H2,1-4H3,(H,13,14). The minimum Gasteiger partial charge on any atom is -0.481 e. The quantitative estimate of drug-likeness (QED) is 0.536. The number of allylic oxidation sites excluding steroid dienone is 1. The molecule has 0 aromatic rings. The summed E-state index contributed by atoms with van der Waals surface area (Å²) in [6.45, 7) is 6.59. The van der Waals surface area contributed by atoms with Gasteiger partial charge in [0.05, 0.1) is 13.0 Å². The Morgan fingerprint density at radius 3 is 2.60 bits per heavy atom. The Kier molecular flexibility index (Phi) is 3.52. The van der Waals surface area contributed by atoms with Crippen molar-refractivity contribution in [3.8, 4) is 0 Å². The molecule has 1 saturated carbocycles. The van der Waals surface area contributed by atoms with Gasteiger partial charge in [-0.1, -0.05) is 25.5 Å². The number of hydrogen-bond acceptors (Lipinski definition) is 3. The first kappa shape index (κ1) is 12.2. The summed E-state index contributed by atoms with van der Waals surface area (Å²) in [5.74, 6) is -0.794. The highest BCUT2D eigenvalue weighted by Crippen LogP contribution is 2.59. The smallest absolute Gasteiger partial charge is 0.307 e. The van der Waals surface area contributed by atoms with Gasteiger partial charge in [-0.2, -0.15) is 5.48 Å². The highest BCUT2D eigenvalue weighted by atomic mass is 16.6. The van der Waals surface area contributed by atoms with E-state index in [0.29, 0.717) is 6.54 Å². The first-order valence-corrected chi connectivity index (χ1v) is 5.07. The van der Waals surface area contributed by atoms with E-state index in [1.54, 1.807) is 7.11 Å². The van der Waals surface area contributed by atoms with Crippen LogP contribution in [0.25, 0.3) is 0 Å². The van der Waals surface area contributed by atoms with E-state index in [2.05, 4.69) is 5.48 Å². The Morgan fingerprint density at radius 1 is 1.60 bits per heavy atom. The third-order valence-corrected chi connectivity index (χ3v) is 3.14. The van der Waals surface area contributed by atoms with Crippen molar-refractivity contribution in [2.75, 3.05) is 13.7 Å². The van der Waals surface area contributed by atoms with Gasteiger partial charge >= 0.3 is 5.97 Å². The molecule has 1 aliphatic carbocycles. The van der Waals surface area contributed by atoms with E-state index >= 15 is 0 Å². The number of hydroxylamine groups is 1.